The van der Waals surface area contributed by atoms with Gasteiger partial charge in [-0.1, -0.05) is 66.2 Å². The van der Waals surface area contributed by atoms with Gasteiger partial charge in [-0.05, 0) is 35.7 Å². The van der Waals surface area contributed by atoms with Crippen LogP contribution in [0.4, 0.5) is 0 Å². The number of nitrogens with one attached hydrogen (secondary N) is 2. The van der Waals surface area contributed by atoms with E-state index in [1.165, 1.54) is 5.56 Å². The number of amides is 1. The number of aryl methyl sites for hydroxylation is 1. The number of ether oxygens (including phenoxy) is 2. The zero-order chi connectivity index (χ0) is 21.3. The molecule has 0 heterocycles. The lowest BCUT2D eigenvalue weighted by atomic mass is 9.98. The number of carbonyl (C=O) groups excluding carboxylic acids is 1. The van der Waals surface area contributed by atoms with E-state index >= 15 is 0 Å². The summed E-state index contributed by atoms with van der Waals surface area (Å²) in [7, 11) is 3.20. The van der Waals surface area contributed by atoms with Crippen molar-refractivity contribution in [2.24, 2.45) is 0 Å². The zero-order valence-electron chi connectivity index (χ0n) is 17.6. The molecule has 0 fully saturated rings. The Morgan fingerprint density at radius 2 is 1.53 bits per heavy atom. The molecule has 1 atom stereocenters. The summed E-state index contributed by atoms with van der Waals surface area (Å²) in [6.07, 6.45) is 0. The summed E-state index contributed by atoms with van der Waals surface area (Å²) in [5.74, 6) is 1.24. The maximum atomic E-state index is 12.5. The van der Waals surface area contributed by atoms with Crippen molar-refractivity contribution in [1.29, 1.82) is 0 Å². The summed E-state index contributed by atoms with van der Waals surface area (Å²) in [4.78, 5) is 12.5. The Labute approximate surface area is 178 Å². The van der Waals surface area contributed by atoms with E-state index < -0.39 is 0 Å². The Bertz CT molecular complexity index is 956. The van der Waals surface area contributed by atoms with Crippen LogP contribution in [0.25, 0.3) is 0 Å². The highest BCUT2D eigenvalue weighted by molar-refractivity contribution is 5.78. The molecule has 0 saturated carbocycles. The first-order valence-electron chi connectivity index (χ1n) is 9.93. The smallest absolute Gasteiger partial charge is 0.234 e. The minimum Gasteiger partial charge on any atom is -0.493 e. The second kappa shape index (κ2) is 10.5. The molecular formula is C25H28N2O3. The van der Waals surface area contributed by atoms with E-state index in [9.17, 15) is 4.79 Å². The quantitative estimate of drug-likeness (QED) is 0.566. The summed E-state index contributed by atoms with van der Waals surface area (Å²) in [5.41, 5.74) is 4.39. The lowest BCUT2D eigenvalue weighted by Gasteiger charge is -2.20. The summed E-state index contributed by atoms with van der Waals surface area (Å²) in [5, 5.41) is 6.35. The van der Waals surface area contributed by atoms with Crippen molar-refractivity contribution in [3.8, 4) is 11.5 Å². The van der Waals surface area contributed by atoms with Crippen LogP contribution in [0.1, 0.15) is 28.3 Å². The molecule has 0 aliphatic heterocycles. The highest BCUT2D eigenvalue weighted by Gasteiger charge is 2.15. The van der Waals surface area contributed by atoms with Gasteiger partial charge in [0.25, 0.3) is 0 Å². The molecule has 5 nitrogen and oxygen atoms in total. The fraction of sp³-hybridized carbons (Fsp3) is 0.240. The second-order valence-electron chi connectivity index (χ2n) is 7.10. The molecular weight excluding hydrogens is 376 g/mol. The Kier molecular flexibility index (Phi) is 7.46. The van der Waals surface area contributed by atoms with Gasteiger partial charge in [0.05, 0.1) is 26.8 Å². The topological polar surface area (TPSA) is 59.6 Å². The van der Waals surface area contributed by atoms with Crippen LogP contribution in [0.3, 0.4) is 0 Å². The first kappa shape index (κ1) is 21.4. The molecule has 3 aromatic rings. The number of hydrogen-bond acceptors (Lipinski definition) is 4. The average Bonchev–Trinajstić information content (AvgIpc) is 2.79. The molecule has 1 amide bonds. The van der Waals surface area contributed by atoms with E-state index in [2.05, 4.69) is 54.0 Å². The van der Waals surface area contributed by atoms with Crippen molar-refractivity contribution in [2.45, 2.75) is 19.5 Å². The molecule has 0 unspecified atom stereocenters. The molecule has 30 heavy (non-hydrogen) atoms. The van der Waals surface area contributed by atoms with Gasteiger partial charge in [0.15, 0.2) is 11.5 Å². The lowest BCUT2D eigenvalue weighted by Crippen LogP contribution is -2.35. The van der Waals surface area contributed by atoms with Gasteiger partial charge in [0.1, 0.15) is 0 Å². The maximum Gasteiger partial charge on any atom is 0.234 e. The molecule has 0 aliphatic rings. The van der Waals surface area contributed by atoms with Crippen LogP contribution >= 0.6 is 0 Å². The molecule has 156 valence electrons. The summed E-state index contributed by atoms with van der Waals surface area (Å²) >= 11 is 0. The average molecular weight is 405 g/mol. The molecule has 0 spiro atoms. The van der Waals surface area contributed by atoms with Crippen molar-refractivity contribution in [2.75, 3.05) is 20.8 Å². The predicted molar refractivity (Wildman–Crippen MR) is 119 cm³/mol. The van der Waals surface area contributed by atoms with Gasteiger partial charge < -0.3 is 14.8 Å². The lowest BCUT2D eigenvalue weighted by molar-refractivity contribution is -0.120. The first-order chi connectivity index (χ1) is 14.6. The van der Waals surface area contributed by atoms with E-state index in [1.807, 2.05) is 36.4 Å². The SMILES string of the molecule is COc1ccc(CNC(=O)CN[C@@H](c2ccccc2)c2ccc(C)cc2)cc1OC. The number of methoxy groups -OCH3 is 2. The van der Waals surface area contributed by atoms with Crippen molar-refractivity contribution in [1.82, 2.24) is 10.6 Å². The van der Waals surface area contributed by atoms with Crippen molar-refractivity contribution in [3.05, 3.63) is 95.1 Å². The third-order valence-electron chi connectivity index (χ3n) is 4.95. The number of carbonyl (C=O) groups is 1. The van der Waals surface area contributed by atoms with Gasteiger partial charge in [0, 0.05) is 6.54 Å². The normalized spacial score (nSPS) is 11.6. The van der Waals surface area contributed by atoms with Crippen molar-refractivity contribution >= 4 is 5.91 Å². The van der Waals surface area contributed by atoms with Crippen LogP contribution in [0.15, 0.2) is 72.8 Å². The minimum absolute atomic E-state index is 0.0568. The summed E-state index contributed by atoms with van der Waals surface area (Å²) < 4.78 is 10.6. The molecule has 0 aromatic heterocycles. The van der Waals surface area contributed by atoms with Gasteiger partial charge in [-0.3, -0.25) is 10.1 Å². The van der Waals surface area contributed by atoms with Gasteiger partial charge in [-0.2, -0.15) is 0 Å². The first-order valence-corrected chi connectivity index (χ1v) is 9.93. The number of rotatable bonds is 9. The molecule has 5 heteroatoms. The maximum absolute atomic E-state index is 12.5. The molecule has 0 aliphatic carbocycles. The fourth-order valence-electron chi connectivity index (χ4n) is 3.28. The molecule has 0 radical (unpaired) electrons. The van der Waals surface area contributed by atoms with Gasteiger partial charge in [0.2, 0.25) is 5.91 Å². The van der Waals surface area contributed by atoms with Gasteiger partial charge in [-0.25, -0.2) is 0 Å². The van der Waals surface area contributed by atoms with E-state index in [0.29, 0.717) is 18.0 Å². The van der Waals surface area contributed by atoms with Crippen LogP contribution in [0.2, 0.25) is 0 Å². The number of hydrogen-bond donors (Lipinski definition) is 2. The standard InChI is InChI=1S/C25H28N2O3/c1-18-9-12-21(13-10-18)25(20-7-5-4-6-8-20)27-17-24(28)26-16-19-11-14-22(29-2)23(15-19)30-3/h4-15,25,27H,16-17H2,1-3H3,(H,26,28)/t25-/m0/s1. The second-order valence-corrected chi connectivity index (χ2v) is 7.10. The van der Waals surface area contributed by atoms with Crippen LogP contribution < -0.4 is 20.1 Å². The summed E-state index contributed by atoms with van der Waals surface area (Å²) in [6.45, 7) is 2.69. The van der Waals surface area contributed by atoms with E-state index in [1.54, 1.807) is 14.2 Å². The van der Waals surface area contributed by atoms with Crippen molar-refractivity contribution in [3.63, 3.8) is 0 Å². The highest BCUT2D eigenvalue weighted by atomic mass is 16.5. The Balaban J connectivity index is 1.62. The summed E-state index contributed by atoms with van der Waals surface area (Å²) in [6, 6.07) is 24.1. The monoisotopic (exact) mass is 404 g/mol. The van der Waals surface area contributed by atoms with Gasteiger partial charge in [-0.15, -0.1) is 0 Å². The Morgan fingerprint density at radius 1 is 0.867 bits per heavy atom. The third kappa shape index (κ3) is 5.61. The molecule has 3 rings (SSSR count). The van der Waals surface area contributed by atoms with E-state index in [0.717, 1.165) is 16.7 Å². The Morgan fingerprint density at radius 3 is 2.20 bits per heavy atom. The highest BCUT2D eigenvalue weighted by Crippen LogP contribution is 2.27. The largest absolute Gasteiger partial charge is 0.493 e. The molecule has 0 saturated heterocycles. The third-order valence-corrected chi connectivity index (χ3v) is 4.95. The number of benzene rings is 3. The van der Waals surface area contributed by atoms with Crippen LogP contribution in [0, 0.1) is 6.92 Å². The minimum atomic E-state index is -0.0715. The van der Waals surface area contributed by atoms with E-state index in [-0.39, 0.29) is 18.5 Å². The zero-order valence-corrected chi connectivity index (χ0v) is 17.6. The van der Waals surface area contributed by atoms with E-state index in [4.69, 9.17) is 9.47 Å². The molecule has 0 bridgehead atoms. The van der Waals surface area contributed by atoms with Crippen LogP contribution in [-0.4, -0.2) is 26.7 Å². The molecule has 2 N–H and O–H groups in total. The van der Waals surface area contributed by atoms with Gasteiger partial charge >= 0.3 is 0 Å². The molecule has 3 aromatic carbocycles. The Hall–Kier alpha value is -3.31. The predicted octanol–water partition coefficient (Wildman–Crippen LogP) is 4.01. The fourth-order valence-corrected chi connectivity index (χ4v) is 3.28. The van der Waals surface area contributed by atoms with Crippen LogP contribution in [-0.2, 0) is 11.3 Å². The van der Waals surface area contributed by atoms with Crippen molar-refractivity contribution < 1.29 is 14.3 Å². The van der Waals surface area contributed by atoms with Crippen LogP contribution in [0.5, 0.6) is 11.5 Å².